The molecule has 30 heavy (non-hydrogen) atoms. The van der Waals surface area contributed by atoms with Gasteiger partial charge in [-0.3, -0.25) is 0 Å². The largest absolute Gasteiger partial charge is 0.506 e. The monoisotopic (exact) mass is 420 g/mol. The van der Waals surface area contributed by atoms with Gasteiger partial charge in [0, 0.05) is 30.1 Å². The fraction of sp³-hybridized carbons (Fsp3) is 0.292. The molecule has 0 amide bonds. The van der Waals surface area contributed by atoms with Crippen molar-refractivity contribution >= 4 is 23.0 Å². The Morgan fingerprint density at radius 3 is 2.53 bits per heavy atom. The van der Waals surface area contributed by atoms with Crippen molar-refractivity contribution in [3.8, 4) is 16.9 Å². The summed E-state index contributed by atoms with van der Waals surface area (Å²) in [6.07, 6.45) is 0. The molecule has 2 aromatic carbocycles. The van der Waals surface area contributed by atoms with Gasteiger partial charge in [-0.2, -0.15) is 0 Å². The summed E-state index contributed by atoms with van der Waals surface area (Å²) in [6.45, 7) is 6.71. The van der Waals surface area contributed by atoms with Gasteiger partial charge in [-0.25, -0.2) is 4.99 Å². The van der Waals surface area contributed by atoms with Gasteiger partial charge in [0.15, 0.2) is 5.96 Å². The second-order valence-electron chi connectivity index (χ2n) is 7.82. The number of hydrogen-bond acceptors (Lipinski definition) is 4. The maximum atomic E-state index is 10.5. The van der Waals surface area contributed by atoms with Crippen molar-refractivity contribution in [2.24, 2.45) is 4.99 Å². The number of anilines is 1. The summed E-state index contributed by atoms with van der Waals surface area (Å²) < 4.78 is 0. The highest BCUT2D eigenvalue weighted by molar-refractivity contribution is 7.09. The third-order valence-corrected chi connectivity index (χ3v) is 6.03. The molecule has 1 aromatic heterocycles. The van der Waals surface area contributed by atoms with E-state index in [0.29, 0.717) is 24.3 Å². The van der Waals surface area contributed by atoms with Crippen LogP contribution in [0.5, 0.6) is 5.75 Å². The average Bonchev–Trinajstić information content (AvgIpc) is 3.26. The Hall–Kier alpha value is -2.83. The molecule has 6 heteroatoms. The molecule has 0 saturated carbocycles. The predicted octanol–water partition coefficient (Wildman–Crippen LogP) is 4.77. The maximum absolute atomic E-state index is 10.5. The molecular weight excluding hydrogens is 392 g/mol. The van der Waals surface area contributed by atoms with Crippen LogP contribution in [0, 0.1) is 0 Å². The third kappa shape index (κ3) is 5.01. The molecule has 2 unspecified atom stereocenters. The van der Waals surface area contributed by atoms with E-state index >= 15 is 0 Å². The molecule has 1 aliphatic rings. The SMILES string of the molecule is CC1CN(C(=NCc2cccs2)Nc2cc(-c3ccccc3)ccc2O)CC(C)N1. The summed E-state index contributed by atoms with van der Waals surface area (Å²) in [5.74, 6) is 1.01. The van der Waals surface area contributed by atoms with E-state index < -0.39 is 0 Å². The van der Waals surface area contributed by atoms with Gasteiger partial charge in [0.2, 0.25) is 0 Å². The molecule has 5 nitrogen and oxygen atoms in total. The fourth-order valence-electron chi connectivity index (χ4n) is 3.84. The number of aromatic hydroxyl groups is 1. The minimum atomic E-state index is 0.217. The number of benzene rings is 2. The van der Waals surface area contributed by atoms with Crippen LogP contribution >= 0.6 is 11.3 Å². The van der Waals surface area contributed by atoms with Gasteiger partial charge in [-0.15, -0.1) is 11.3 Å². The molecule has 0 aliphatic carbocycles. The molecule has 0 bridgehead atoms. The van der Waals surface area contributed by atoms with Crippen LogP contribution in [-0.2, 0) is 6.54 Å². The zero-order valence-corrected chi connectivity index (χ0v) is 18.2. The predicted molar refractivity (Wildman–Crippen MR) is 126 cm³/mol. The van der Waals surface area contributed by atoms with Crippen LogP contribution in [0.4, 0.5) is 5.69 Å². The number of phenols is 1. The number of phenolic OH excluding ortho intramolecular Hbond substituents is 1. The molecule has 156 valence electrons. The first kappa shape index (κ1) is 20.4. The number of hydrogen-bond donors (Lipinski definition) is 3. The van der Waals surface area contributed by atoms with Crippen molar-refractivity contribution in [3.05, 3.63) is 70.9 Å². The molecule has 3 aromatic rings. The molecule has 4 rings (SSSR count). The van der Waals surface area contributed by atoms with Crippen LogP contribution in [0.15, 0.2) is 71.0 Å². The lowest BCUT2D eigenvalue weighted by atomic mass is 10.0. The van der Waals surface area contributed by atoms with Gasteiger partial charge in [0.25, 0.3) is 0 Å². The standard InChI is InChI=1S/C24H28N4OS/c1-17-15-28(16-18(2)26-17)24(25-14-21-9-6-12-30-21)27-22-13-20(10-11-23(22)29)19-7-4-3-5-8-19/h3-13,17-18,26,29H,14-16H2,1-2H3,(H,25,27). The molecule has 2 atom stereocenters. The van der Waals surface area contributed by atoms with Crippen LogP contribution < -0.4 is 10.6 Å². The van der Waals surface area contributed by atoms with E-state index in [-0.39, 0.29) is 5.75 Å². The summed E-state index contributed by atoms with van der Waals surface area (Å²) in [7, 11) is 0. The number of nitrogens with one attached hydrogen (secondary N) is 2. The highest BCUT2D eigenvalue weighted by Gasteiger charge is 2.24. The minimum Gasteiger partial charge on any atom is -0.506 e. The smallest absolute Gasteiger partial charge is 0.199 e. The summed E-state index contributed by atoms with van der Waals surface area (Å²) in [4.78, 5) is 8.39. The Morgan fingerprint density at radius 2 is 1.83 bits per heavy atom. The van der Waals surface area contributed by atoms with Crippen LogP contribution in [0.1, 0.15) is 18.7 Å². The third-order valence-electron chi connectivity index (χ3n) is 5.17. The van der Waals surface area contributed by atoms with E-state index in [9.17, 15) is 5.11 Å². The van der Waals surface area contributed by atoms with Crippen LogP contribution in [-0.4, -0.2) is 41.1 Å². The first-order valence-electron chi connectivity index (χ1n) is 10.3. The normalized spacial score (nSPS) is 19.7. The molecule has 0 radical (unpaired) electrons. The Kier molecular flexibility index (Phi) is 6.35. The Morgan fingerprint density at radius 1 is 1.07 bits per heavy atom. The van der Waals surface area contributed by atoms with Crippen LogP contribution in [0.3, 0.4) is 0 Å². The Labute approximate surface area is 182 Å². The number of aliphatic imine (C=N–C) groups is 1. The first-order chi connectivity index (χ1) is 14.6. The van der Waals surface area contributed by atoms with E-state index in [4.69, 9.17) is 4.99 Å². The maximum Gasteiger partial charge on any atom is 0.199 e. The lowest BCUT2D eigenvalue weighted by molar-refractivity contribution is 0.254. The molecule has 3 N–H and O–H groups in total. The quantitative estimate of drug-likeness (QED) is 0.323. The van der Waals surface area contributed by atoms with Crippen LogP contribution in [0.25, 0.3) is 11.1 Å². The van der Waals surface area contributed by atoms with E-state index in [1.54, 1.807) is 17.4 Å². The highest BCUT2D eigenvalue weighted by atomic mass is 32.1. The topological polar surface area (TPSA) is 59.9 Å². The molecule has 0 spiro atoms. The van der Waals surface area contributed by atoms with Gasteiger partial charge in [0.1, 0.15) is 5.75 Å². The van der Waals surface area contributed by atoms with Gasteiger partial charge in [-0.05, 0) is 48.6 Å². The van der Waals surface area contributed by atoms with Crippen molar-refractivity contribution in [2.45, 2.75) is 32.5 Å². The van der Waals surface area contributed by atoms with E-state index in [2.05, 4.69) is 53.0 Å². The number of piperazine rings is 1. The lowest BCUT2D eigenvalue weighted by Gasteiger charge is -2.38. The van der Waals surface area contributed by atoms with Gasteiger partial charge in [-0.1, -0.05) is 42.5 Å². The van der Waals surface area contributed by atoms with E-state index in [1.807, 2.05) is 36.4 Å². The fourth-order valence-corrected chi connectivity index (χ4v) is 4.47. The number of nitrogens with zero attached hydrogens (tertiary/aromatic N) is 2. The van der Waals surface area contributed by atoms with Gasteiger partial charge in [0.05, 0.1) is 12.2 Å². The summed E-state index contributed by atoms with van der Waals surface area (Å²) in [5, 5.41) is 19.6. The van der Waals surface area contributed by atoms with E-state index in [0.717, 1.165) is 30.2 Å². The van der Waals surface area contributed by atoms with Gasteiger partial charge >= 0.3 is 0 Å². The van der Waals surface area contributed by atoms with E-state index in [1.165, 1.54) is 4.88 Å². The molecule has 1 saturated heterocycles. The average molecular weight is 421 g/mol. The molecule has 2 heterocycles. The Balaban J connectivity index is 1.63. The molecule has 1 aliphatic heterocycles. The Bertz CT molecular complexity index is 978. The summed E-state index contributed by atoms with van der Waals surface area (Å²) in [6, 6.07) is 20.7. The lowest BCUT2D eigenvalue weighted by Crippen LogP contribution is -2.57. The summed E-state index contributed by atoms with van der Waals surface area (Å²) in [5.41, 5.74) is 2.83. The van der Waals surface area contributed by atoms with Gasteiger partial charge < -0.3 is 20.6 Å². The molecular formula is C24H28N4OS. The zero-order chi connectivity index (χ0) is 20.9. The molecule has 1 fully saturated rings. The van der Waals surface area contributed by atoms with Crippen LogP contribution in [0.2, 0.25) is 0 Å². The van der Waals surface area contributed by atoms with Crippen molar-refractivity contribution in [3.63, 3.8) is 0 Å². The van der Waals surface area contributed by atoms with Crippen molar-refractivity contribution in [1.82, 2.24) is 10.2 Å². The number of guanidine groups is 1. The van der Waals surface area contributed by atoms with Crippen molar-refractivity contribution in [2.75, 3.05) is 18.4 Å². The van der Waals surface area contributed by atoms with Crippen molar-refractivity contribution in [1.29, 1.82) is 0 Å². The number of thiophene rings is 1. The number of rotatable bonds is 4. The van der Waals surface area contributed by atoms with Crippen molar-refractivity contribution < 1.29 is 5.11 Å². The zero-order valence-electron chi connectivity index (χ0n) is 17.4. The second-order valence-corrected chi connectivity index (χ2v) is 8.85. The summed E-state index contributed by atoms with van der Waals surface area (Å²) >= 11 is 1.71. The highest BCUT2D eigenvalue weighted by Crippen LogP contribution is 2.30. The second kappa shape index (κ2) is 9.32. The first-order valence-corrected chi connectivity index (χ1v) is 11.2. The minimum absolute atomic E-state index is 0.217.